The Morgan fingerprint density at radius 1 is 1.42 bits per heavy atom. The summed E-state index contributed by atoms with van der Waals surface area (Å²) in [5.74, 6) is 0.339. The van der Waals surface area contributed by atoms with Crippen LogP contribution in [0.2, 0.25) is 0 Å². The van der Waals surface area contributed by atoms with Crippen molar-refractivity contribution >= 4 is 18.5 Å². The number of aromatic nitrogens is 2. The van der Waals surface area contributed by atoms with Gasteiger partial charge in [0.25, 0.3) is 5.91 Å². The molecule has 9 heteroatoms. The molecular weight excluding hydrogens is 337 g/mol. The summed E-state index contributed by atoms with van der Waals surface area (Å²) in [6.07, 6.45) is 4.95. The smallest absolute Gasteiger partial charge is 0.492 e. The topological polar surface area (TPSA) is 114 Å². The Kier molecular flexibility index (Phi) is 5.20. The lowest BCUT2D eigenvalue weighted by Gasteiger charge is -2.12. The number of rotatable bonds is 5. The fourth-order valence-corrected chi connectivity index (χ4v) is 2.65. The van der Waals surface area contributed by atoms with Crippen molar-refractivity contribution in [2.45, 2.75) is 26.5 Å². The van der Waals surface area contributed by atoms with Crippen LogP contribution < -0.4 is 15.5 Å². The first kappa shape index (κ1) is 17.9. The summed E-state index contributed by atoms with van der Waals surface area (Å²) in [4.78, 5) is 20.1. The number of hydrogen-bond donors (Lipinski definition) is 3. The highest BCUT2D eigenvalue weighted by Gasteiger charge is 2.30. The van der Waals surface area contributed by atoms with Crippen molar-refractivity contribution in [1.82, 2.24) is 15.3 Å². The van der Waals surface area contributed by atoms with Gasteiger partial charge in [0.2, 0.25) is 5.88 Å². The van der Waals surface area contributed by atoms with Gasteiger partial charge in [0.05, 0.1) is 25.3 Å². The van der Waals surface area contributed by atoms with Crippen molar-refractivity contribution in [2.75, 3.05) is 0 Å². The molecule has 0 saturated carbocycles. The third-order valence-corrected chi connectivity index (χ3v) is 4.01. The predicted molar refractivity (Wildman–Crippen MR) is 94.4 cm³/mol. The number of carbonyl (C=O) groups is 1. The van der Waals surface area contributed by atoms with Gasteiger partial charge in [-0.15, -0.1) is 0 Å². The zero-order valence-electron chi connectivity index (χ0n) is 14.3. The number of ether oxygens (including phenoxy) is 1. The van der Waals surface area contributed by atoms with Gasteiger partial charge in [0.15, 0.2) is 0 Å². The molecule has 0 unspecified atom stereocenters. The van der Waals surface area contributed by atoms with Gasteiger partial charge in [-0.2, -0.15) is 0 Å². The summed E-state index contributed by atoms with van der Waals surface area (Å²) in [5.41, 5.74) is 2.52. The monoisotopic (exact) mass is 355 g/mol. The molecule has 26 heavy (non-hydrogen) atoms. The van der Waals surface area contributed by atoms with E-state index in [1.807, 2.05) is 13.0 Å². The summed E-state index contributed by atoms with van der Waals surface area (Å²) in [6.45, 7) is 3.91. The van der Waals surface area contributed by atoms with Gasteiger partial charge in [-0.1, -0.05) is 6.07 Å². The van der Waals surface area contributed by atoms with Crippen molar-refractivity contribution < 1.29 is 24.3 Å². The highest BCUT2D eigenvalue weighted by Crippen LogP contribution is 2.25. The highest BCUT2D eigenvalue weighted by molar-refractivity contribution is 6.62. The van der Waals surface area contributed by atoms with Crippen LogP contribution in [0.1, 0.15) is 28.5 Å². The maximum absolute atomic E-state index is 12.0. The van der Waals surface area contributed by atoms with Crippen LogP contribution in [0.25, 0.3) is 0 Å². The maximum atomic E-state index is 12.0. The second kappa shape index (κ2) is 7.55. The Labute approximate surface area is 150 Å². The number of aliphatic hydroxyl groups is 1. The van der Waals surface area contributed by atoms with Crippen LogP contribution in [0.4, 0.5) is 0 Å². The number of aliphatic hydroxyl groups excluding tert-OH is 1. The number of nitrogens with one attached hydrogen (secondary N) is 1. The maximum Gasteiger partial charge on any atom is 0.492 e. The summed E-state index contributed by atoms with van der Waals surface area (Å²) in [6, 6.07) is 3.27. The minimum Gasteiger partial charge on any atom is -0.516 e. The normalized spacial score (nSPS) is 14.3. The van der Waals surface area contributed by atoms with Gasteiger partial charge in [0, 0.05) is 6.04 Å². The van der Waals surface area contributed by atoms with Crippen LogP contribution in [0.15, 0.2) is 36.9 Å². The molecule has 0 aliphatic carbocycles. The van der Waals surface area contributed by atoms with E-state index in [0.717, 1.165) is 17.4 Å². The van der Waals surface area contributed by atoms with E-state index < -0.39 is 13.0 Å². The molecule has 2 heterocycles. The molecule has 3 N–H and O–H groups in total. The Balaban J connectivity index is 1.72. The summed E-state index contributed by atoms with van der Waals surface area (Å²) < 4.78 is 10.9. The molecule has 3 rings (SSSR count). The summed E-state index contributed by atoms with van der Waals surface area (Å²) in [7, 11) is -0.958. The standard InChI is InChI=1S/C17H18BN3O5/c1-10(5-6-22)21-17(23)13-7-20-15(8-19-13)26-14-4-3-12-9-25-18(24)16(12)11(14)2/h3-8,10,22,24H,9H2,1-2H3,(H,21,23)/t10-/m0/s1. The Hall–Kier alpha value is -2.91. The van der Waals surface area contributed by atoms with Crippen LogP contribution in [0.3, 0.4) is 0 Å². The molecule has 0 bridgehead atoms. The molecule has 0 spiro atoms. The molecule has 1 atom stereocenters. The molecule has 134 valence electrons. The highest BCUT2D eigenvalue weighted by atomic mass is 16.5. The van der Waals surface area contributed by atoms with Crippen LogP contribution >= 0.6 is 0 Å². The van der Waals surface area contributed by atoms with E-state index in [-0.39, 0.29) is 17.6 Å². The van der Waals surface area contributed by atoms with E-state index in [4.69, 9.17) is 14.5 Å². The third-order valence-electron chi connectivity index (χ3n) is 4.01. The largest absolute Gasteiger partial charge is 0.516 e. The average molecular weight is 355 g/mol. The fraction of sp³-hybridized carbons (Fsp3) is 0.235. The second-order valence-electron chi connectivity index (χ2n) is 5.87. The van der Waals surface area contributed by atoms with Crippen molar-refractivity contribution in [3.63, 3.8) is 0 Å². The third kappa shape index (κ3) is 3.68. The van der Waals surface area contributed by atoms with Gasteiger partial charge in [-0.25, -0.2) is 9.97 Å². The number of nitrogens with zero attached hydrogens (tertiary/aromatic N) is 2. The average Bonchev–Trinajstić information content (AvgIpc) is 3.00. The summed E-state index contributed by atoms with van der Waals surface area (Å²) in [5, 5.41) is 21.2. The van der Waals surface area contributed by atoms with E-state index in [0.29, 0.717) is 17.8 Å². The van der Waals surface area contributed by atoms with E-state index in [9.17, 15) is 9.82 Å². The molecule has 1 aliphatic rings. The zero-order valence-corrected chi connectivity index (χ0v) is 14.3. The van der Waals surface area contributed by atoms with Gasteiger partial charge < -0.3 is 24.8 Å². The minimum absolute atomic E-state index is 0.130. The van der Waals surface area contributed by atoms with Crippen LogP contribution in [-0.4, -0.2) is 39.2 Å². The molecule has 8 nitrogen and oxygen atoms in total. The van der Waals surface area contributed by atoms with Gasteiger partial charge >= 0.3 is 7.12 Å². The van der Waals surface area contributed by atoms with E-state index in [1.165, 1.54) is 18.5 Å². The SMILES string of the molecule is Cc1c(Oc2cnc(C(=O)N[C@@H](C)C=CO)cn2)ccc2c1B(O)OC2. The lowest BCUT2D eigenvalue weighted by molar-refractivity contribution is 0.0941. The van der Waals surface area contributed by atoms with E-state index in [2.05, 4.69) is 15.3 Å². The Morgan fingerprint density at radius 2 is 2.23 bits per heavy atom. The number of carbonyl (C=O) groups excluding carboxylic acids is 1. The zero-order chi connectivity index (χ0) is 18.7. The second-order valence-corrected chi connectivity index (χ2v) is 5.87. The van der Waals surface area contributed by atoms with Crippen LogP contribution in [-0.2, 0) is 11.3 Å². The first-order chi connectivity index (χ1) is 12.5. The number of amides is 1. The predicted octanol–water partition coefficient (Wildman–Crippen LogP) is 0.985. The lowest BCUT2D eigenvalue weighted by Crippen LogP contribution is -2.31. The molecular formula is C17H18BN3O5. The Bertz CT molecular complexity index is 841. The number of hydrogen-bond acceptors (Lipinski definition) is 7. The van der Waals surface area contributed by atoms with Crippen LogP contribution in [0, 0.1) is 6.92 Å². The van der Waals surface area contributed by atoms with Crippen molar-refractivity contribution in [2.24, 2.45) is 0 Å². The van der Waals surface area contributed by atoms with Gasteiger partial charge in [-0.3, -0.25) is 4.79 Å². The van der Waals surface area contributed by atoms with E-state index in [1.54, 1.807) is 13.0 Å². The lowest BCUT2D eigenvalue weighted by atomic mass is 9.76. The quantitative estimate of drug-likeness (QED) is 0.541. The van der Waals surface area contributed by atoms with Crippen molar-refractivity contribution in [3.8, 4) is 11.6 Å². The van der Waals surface area contributed by atoms with Crippen molar-refractivity contribution in [1.29, 1.82) is 0 Å². The van der Waals surface area contributed by atoms with E-state index >= 15 is 0 Å². The molecule has 0 fully saturated rings. The molecule has 2 aromatic rings. The Morgan fingerprint density at radius 3 is 2.92 bits per heavy atom. The number of benzene rings is 1. The van der Waals surface area contributed by atoms with Gasteiger partial charge in [0.1, 0.15) is 11.4 Å². The molecule has 1 aliphatic heterocycles. The fourth-order valence-electron chi connectivity index (χ4n) is 2.65. The first-order valence-electron chi connectivity index (χ1n) is 8.03. The first-order valence-corrected chi connectivity index (χ1v) is 8.03. The molecule has 0 saturated heterocycles. The molecule has 1 aromatic heterocycles. The van der Waals surface area contributed by atoms with Crippen molar-refractivity contribution in [3.05, 3.63) is 53.7 Å². The van der Waals surface area contributed by atoms with Crippen LogP contribution in [0.5, 0.6) is 11.6 Å². The van der Waals surface area contributed by atoms with Gasteiger partial charge in [-0.05, 0) is 42.6 Å². The summed E-state index contributed by atoms with van der Waals surface area (Å²) >= 11 is 0. The number of fused-ring (bicyclic) bond motifs is 1. The molecule has 1 aromatic carbocycles. The molecule has 0 radical (unpaired) electrons. The minimum atomic E-state index is -0.958. The molecule has 1 amide bonds.